The summed E-state index contributed by atoms with van der Waals surface area (Å²) in [5, 5.41) is 20.9. The average molecular weight is 651 g/mol. The zero-order valence-electron chi connectivity index (χ0n) is 24.2. The van der Waals surface area contributed by atoms with Crippen molar-refractivity contribution in [1.82, 2.24) is 15.2 Å². The van der Waals surface area contributed by atoms with Gasteiger partial charge in [0.2, 0.25) is 5.13 Å². The number of halogens is 1. The number of ether oxygens (including phenoxy) is 2. The molecule has 1 atom stereocenters. The molecular formula is C32H31ClN4O5S2. The molecule has 0 bridgehead atoms. The Balaban J connectivity index is 1.53. The molecular weight excluding hydrogens is 620 g/mol. The van der Waals surface area contributed by atoms with Gasteiger partial charge < -0.3 is 14.6 Å². The fourth-order valence-corrected chi connectivity index (χ4v) is 6.66. The van der Waals surface area contributed by atoms with Gasteiger partial charge in [-0.25, -0.2) is 0 Å². The Morgan fingerprint density at radius 3 is 2.50 bits per heavy atom. The number of aliphatic hydroxyl groups excluding tert-OH is 1. The van der Waals surface area contributed by atoms with Gasteiger partial charge in [0.15, 0.2) is 15.8 Å². The van der Waals surface area contributed by atoms with E-state index in [4.69, 9.17) is 21.1 Å². The van der Waals surface area contributed by atoms with E-state index >= 15 is 0 Å². The molecule has 1 saturated heterocycles. The minimum atomic E-state index is -0.987. The van der Waals surface area contributed by atoms with Crippen molar-refractivity contribution in [3.05, 3.63) is 94.3 Å². The highest BCUT2D eigenvalue weighted by atomic mass is 35.5. The van der Waals surface area contributed by atoms with Gasteiger partial charge >= 0.3 is 5.91 Å². The highest BCUT2D eigenvalue weighted by Crippen LogP contribution is 2.45. The maximum absolute atomic E-state index is 13.6. The Morgan fingerprint density at radius 2 is 1.77 bits per heavy atom. The summed E-state index contributed by atoms with van der Waals surface area (Å²) in [6.45, 7) is 4.92. The van der Waals surface area contributed by atoms with E-state index in [0.29, 0.717) is 51.0 Å². The lowest BCUT2D eigenvalue weighted by molar-refractivity contribution is -0.132. The van der Waals surface area contributed by atoms with Gasteiger partial charge in [0, 0.05) is 28.7 Å². The topological polar surface area (TPSA) is 115 Å². The van der Waals surface area contributed by atoms with Crippen LogP contribution in [-0.4, -0.2) is 45.2 Å². The molecule has 44 heavy (non-hydrogen) atoms. The van der Waals surface area contributed by atoms with Crippen LogP contribution in [0.3, 0.4) is 0 Å². The number of unbranched alkanes of at least 4 members (excludes halogenated alkanes) is 2. The highest BCUT2D eigenvalue weighted by Gasteiger charge is 2.48. The molecule has 1 amide bonds. The van der Waals surface area contributed by atoms with Crippen molar-refractivity contribution in [2.24, 2.45) is 0 Å². The van der Waals surface area contributed by atoms with Crippen LogP contribution in [0.15, 0.2) is 76.9 Å². The number of Topliss-reactive ketones (excluding diaryl/α,β-unsaturated/α-hetero) is 1. The van der Waals surface area contributed by atoms with Crippen molar-refractivity contribution in [2.75, 3.05) is 18.1 Å². The van der Waals surface area contributed by atoms with E-state index in [2.05, 4.69) is 22.1 Å². The molecule has 9 nitrogen and oxygen atoms in total. The predicted molar refractivity (Wildman–Crippen MR) is 173 cm³/mol. The van der Waals surface area contributed by atoms with Gasteiger partial charge in [-0.05, 0) is 60.9 Å². The van der Waals surface area contributed by atoms with Gasteiger partial charge in [-0.1, -0.05) is 72.7 Å². The molecule has 2 aromatic heterocycles. The predicted octanol–water partition coefficient (Wildman–Crippen LogP) is 7.47. The second kappa shape index (κ2) is 14.7. The van der Waals surface area contributed by atoms with Crippen LogP contribution in [0, 0.1) is 0 Å². The summed E-state index contributed by atoms with van der Waals surface area (Å²) in [5.74, 6) is -0.283. The third kappa shape index (κ3) is 7.06. The summed E-state index contributed by atoms with van der Waals surface area (Å²) in [4.78, 5) is 32.5. The second-order valence-electron chi connectivity index (χ2n) is 9.87. The Labute approximate surface area is 268 Å². The average Bonchev–Trinajstić information content (AvgIpc) is 3.61. The summed E-state index contributed by atoms with van der Waals surface area (Å²) in [6, 6.07) is 15.0. The molecule has 1 aliphatic heterocycles. The molecule has 1 aliphatic rings. The number of thioether (sulfide) groups is 1. The number of hydrogen-bond acceptors (Lipinski definition) is 10. The lowest BCUT2D eigenvalue weighted by atomic mass is 9.95. The molecule has 1 N–H and O–H groups in total. The number of benzene rings is 2. The Kier molecular flexibility index (Phi) is 10.5. The van der Waals surface area contributed by atoms with Crippen LogP contribution in [-0.2, 0) is 15.3 Å². The molecule has 0 aliphatic carbocycles. The quantitative estimate of drug-likeness (QED) is 0.0393. The molecule has 0 saturated carbocycles. The number of anilines is 1. The first-order chi connectivity index (χ1) is 21.4. The monoisotopic (exact) mass is 650 g/mol. The number of pyridine rings is 1. The van der Waals surface area contributed by atoms with Gasteiger partial charge in [-0.2, -0.15) is 0 Å². The molecule has 0 radical (unpaired) electrons. The molecule has 228 valence electrons. The van der Waals surface area contributed by atoms with Crippen LogP contribution in [0.1, 0.15) is 55.8 Å². The van der Waals surface area contributed by atoms with Crippen molar-refractivity contribution in [3.8, 4) is 11.5 Å². The van der Waals surface area contributed by atoms with E-state index in [1.54, 1.807) is 30.3 Å². The van der Waals surface area contributed by atoms with Gasteiger partial charge in [-0.3, -0.25) is 19.5 Å². The van der Waals surface area contributed by atoms with Gasteiger partial charge in [0.1, 0.15) is 5.76 Å². The zero-order valence-corrected chi connectivity index (χ0v) is 26.6. The summed E-state index contributed by atoms with van der Waals surface area (Å²) < 4.78 is 12.5. The summed E-state index contributed by atoms with van der Waals surface area (Å²) >= 11 is 8.66. The van der Waals surface area contributed by atoms with E-state index in [0.717, 1.165) is 24.8 Å². The van der Waals surface area contributed by atoms with E-state index in [9.17, 15) is 14.7 Å². The fourth-order valence-electron chi connectivity index (χ4n) is 4.71. The first kappa shape index (κ1) is 31.5. The van der Waals surface area contributed by atoms with E-state index in [-0.39, 0.29) is 16.5 Å². The van der Waals surface area contributed by atoms with Gasteiger partial charge in [0.05, 0.1) is 24.8 Å². The van der Waals surface area contributed by atoms with Crippen LogP contribution in [0.25, 0.3) is 5.76 Å². The van der Waals surface area contributed by atoms with E-state index in [1.807, 2.05) is 31.2 Å². The number of nitrogens with zero attached hydrogens (tertiary/aromatic N) is 4. The highest BCUT2D eigenvalue weighted by molar-refractivity contribution is 8.00. The summed E-state index contributed by atoms with van der Waals surface area (Å²) in [6.07, 6.45) is 6.04. The number of carbonyl (C=O) groups is 2. The molecule has 12 heteroatoms. The van der Waals surface area contributed by atoms with Crippen LogP contribution in [0.2, 0.25) is 5.02 Å². The third-order valence-corrected chi connectivity index (χ3v) is 9.24. The number of carbonyl (C=O) groups excluding carboxylic acids is 2. The zero-order chi connectivity index (χ0) is 31.1. The normalized spacial score (nSPS) is 16.0. The number of aliphatic hydroxyl groups is 1. The molecule has 0 spiro atoms. The molecule has 4 aromatic rings. The largest absolute Gasteiger partial charge is 0.507 e. The van der Waals surface area contributed by atoms with Crippen molar-refractivity contribution < 1.29 is 24.2 Å². The van der Waals surface area contributed by atoms with Gasteiger partial charge in [0.25, 0.3) is 5.78 Å². The van der Waals surface area contributed by atoms with Crippen LogP contribution >= 0.6 is 34.7 Å². The first-order valence-electron chi connectivity index (χ1n) is 14.2. The fraction of sp³-hybridized carbons (Fsp3) is 0.281. The summed E-state index contributed by atoms with van der Waals surface area (Å²) in [5.41, 5.74) is 1.90. The minimum Gasteiger partial charge on any atom is -0.507 e. The first-order valence-corrected chi connectivity index (χ1v) is 16.4. The van der Waals surface area contributed by atoms with Crippen LogP contribution in [0.5, 0.6) is 11.5 Å². The number of ketones is 1. The SMILES string of the molecule is CCCCCOc1ccc(C2C(=C(O)c3ccncc3)C(=O)C(=O)N2c2nnc(SCc3ccc(Cl)cc3)s2)cc1OCC. The molecule has 1 fully saturated rings. The van der Waals surface area contributed by atoms with Crippen molar-refractivity contribution >= 4 is 57.3 Å². The lowest BCUT2D eigenvalue weighted by Gasteiger charge is -2.23. The second-order valence-corrected chi connectivity index (χ2v) is 12.5. The molecule has 2 aromatic carbocycles. The van der Waals surface area contributed by atoms with Crippen molar-refractivity contribution in [1.29, 1.82) is 0 Å². The maximum atomic E-state index is 13.6. The molecule has 3 heterocycles. The minimum absolute atomic E-state index is 0.0640. The maximum Gasteiger partial charge on any atom is 0.301 e. The van der Waals surface area contributed by atoms with E-state index in [1.165, 1.54) is 40.4 Å². The number of rotatable bonds is 13. The number of hydrogen-bond donors (Lipinski definition) is 1. The standard InChI is InChI=1S/C32H31ClN4O5S2/c1-3-5-6-17-42-24-12-9-22(18-25(24)41-4-2)27-26(28(38)21-13-15-34-16-14-21)29(39)30(40)37(27)31-35-36-32(44-31)43-19-20-7-10-23(33)11-8-20/h7-16,18,27,38H,3-6,17,19H2,1-2H3. The third-order valence-electron chi connectivity index (χ3n) is 6.86. The van der Waals surface area contributed by atoms with Crippen LogP contribution < -0.4 is 14.4 Å². The molecule has 5 rings (SSSR count). The summed E-state index contributed by atoms with van der Waals surface area (Å²) in [7, 11) is 0. The smallest absolute Gasteiger partial charge is 0.301 e. The van der Waals surface area contributed by atoms with Gasteiger partial charge in [-0.15, -0.1) is 10.2 Å². The van der Waals surface area contributed by atoms with E-state index < -0.39 is 17.7 Å². The van der Waals surface area contributed by atoms with Crippen molar-refractivity contribution in [2.45, 2.75) is 49.2 Å². The van der Waals surface area contributed by atoms with Crippen LogP contribution in [0.4, 0.5) is 5.13 Å². The Morgan fingerprint density at radius 1 is 1.00 bits per heavy atom. The number of aromatic nitrogens is 3. The molecule has 1 unspecified atom stereocenters. The Bertz CT molecular complexity index is 1650. The lowest BCUT2D eigenvalue weighted by Crippen LogP contribution is -2.29. The Hall–Kier alpha value is -3.93. The van der Waals surface area contributed by atoms with Crippen molar-refractivity contribution in [3.63, 3.8) is 0 Å². The number of amides is 1.